The lowest BCUT2D eigenvalue weighted by Crippen LogP contribution is -2.42. The second-order valence-corrected chi connectivity index (χ2v) is 6.36. The number of rotatable bonds is 4. The van der Waals surface area contributed by atoms with E-state index < -0.39 is 0 Å². The Kier molecular flexibility index (Phi) is 4.52. The molecule has 0 atom stereocenters. The van der Waals surface area contributed by atoms with Crippen LogP contribution in [0.4, 0.5) is 10.2 Å². The van der Waals surface area contributed by atoms with Gasteiger partial charge in [0.2, 0.25) is 0 Å². The number of halogens is 1. The normalized spacial score (nSPS) is 15.6. The van der Waals surface area contributed by atoms with Gasteiger partial charge in [0, 0.05) is 49.7 Å². The molecular weight excluding hydrogens is 317 g/mol. The predicted molar refractivity (Wildman–Crippen MR) is 95.8 cm³/mol. The highest BCUT2D eigenvalue weighted by atomic mass is 19.1. The van der Waals surface area contributed by atoms with Gasteiger partial charge in [-0.2, -0.15) is 0 Å². The van der Waals surface area contributed by atoms with E-state index in [0.29, 0.717) is 11.6 Å². The lowest BCUT2D eigenvalue weighted by atomic mass is 10.0. The Hall–Kier alpha value is -2.60. The van der Waals surface area contributed by atoms with Crippen molar-refractivity contribution in [2.45, 2.75) is 25.4 Å². The fourth-order valence-corrected chi connectivity index (χ4v) is 3.30. The zero-order valence-electron chi connectivity index (χ0n) is 13.9. The summed E-state index contributed by atoms with van der Waals surface area (Å²) in [5.41, 5.74) is 1.51. The van der Waals surface area contributed by atoms with Crippen molar-refractivity contribution in [1.82, 2.24) is 20.3 Å². The summed E-state index contributed by atoms with van der Waals surface area (Å²) in [6.45, 7) is 2.68. The number of para-hydroxylation sites is 1. The molecule has 1 aromatic carbocycles. The Balaban J connectivity index is 1.34. The van der Waals surface area contributed by atoms with Crippen molar-refractivity contribution in [1.29, 1.82) is 0 Å². The first-order chi connectivity index (χ1) is 12.3. The number of hydrogen-bond acceptors (Lipinski definition) is 5. The van der Waals surface area contributed by atoms with E-state index in [1.54, 1.807) is 24.7 Å². The minimum Gasteiger partial charge on any atom is -0.355 e. The number of hydrogen-bond donors (Lipinski definition) is 1. The highest BCUT2D eigenvalue weighted by Gasteiger charge is 2.19. The van der Waals surface area contributed by atoms with Crippen LogP contribution in [0, 0.1) is 5.82 Å². The molecule has 0 bridgehead atoms. The van der Waals surface area contributed by atoms with E-state index in [9.17, 15) is 4.39 Å². The second kappa shape index (κ2) is 7.11. The number of pyridine rings is 1. The molecule has 6 heteroatoms. The largest absolute Gasteiger partial charge is 0.355 e. The number of anilines is 1. The van der Waals surface area contributed by atoms with Gasteiger partial charge in [0.15, 0.2) is 0 Å². The first-order valence-corrected chi connectivity index (χ1v) is 8.57. The van der Waals surface area contributed by atoms with Crippen LogP contribution in [0.3, 0.4) is 0 Å². The molecule has 1 saturated heterocycles. The van der Waals surface area contributed by atoms with Crippen molar-refractivity contribution in [2.24, 2.45) is 0 Å². The SMILES string of the molecule is Fc1cccc2cc(CNC3CCN(c4cnccn4)CC3)cnc12. The molecule has 0 unspecified atom stereocenters. The average Bonchev–Trinajstić information content (AvgIpc) is 2.68. The van der Waals surface area contributed by atoms with Gasteiger partial charge in [0.05, 0.1) is 6.20 Å². The van der Waals surface area contributed by atoms with E-state index in [-0.39, 0.29) is 5.82 Å². The first kappa shape index (κ1) is 15.9. The maximum Gasteiger partial charge on any atom is 0.149 e. The standard InChI is InChI=1S/C19H20FN5/c20-17-3-1-2-15-10-14(12-24-19(15)17)11-23-16-4-8-25(9-5-16)18-13-21-6-7-22-18/h1-3,6-7,10,12-13,16,23H,4-5,8-9,11H2. The number of fused-ring (bicyclic) bond motifs is 1. The van der Waals surface area contributed by atoms with Crippen molar-refractivity contribution in [2.75, 3.05) is 18.0 Å². The summed E-state index contributed by atoms with van der Waals surface area (Å²) in [5, 5.41) is 4.44. The maximum atomic E-state index is 13.7. The van der Waals surface area contributed by atoms with Crippen LogP contribution in [-0.4, -0.2) is 34.1 Å². The van der Waals surface area contributed by atoms with Crippen LogP contribution in [0.2, 0.25) is 0 Å². The maximum absolute atomic E-state index is 13.7. The smallest absolute Gasteiger partial charge is 0.149 e. The zero-order valence-corrected chi connectivity index (χ0v) is 13.9. The topological polar surface area (TPSA) is 53.9 Å². The Morgan fingerprint density at radius 2 is 2.00 bits per heavy atom. The minimum atomic E-state index is -0.270. The van der Waals surface area contributed by atoms with Crippen LogP contribution in [0.1, 0.15) is 18.4 Å². The van der Waals surface area contributed by atoms with Crippen LogP contribution in [0.15, 0.2) is 49.1 Å². The van der Waals surface area contributed by atoms with Gasteiger partial charge in [-0.3, -0.25) is 9.97 Å². The van der Waals surface area contributed by atoms with Gasteiger partial charge in [-0.1, -0.05) is 12.1 Å². The lowest BCUT2D eigenvalue weighted by Gasteiger charge is -2.33. The summed E-state index contributed by atoms with van der Waals surface area (Å²) >= 11 is 0. The number of nitrogens with one attached hydrogen (secondary N) is 1. The zero-order chi connectivity index (χ0) is 17.1. The summed E-state index contributed by atoms with van der Waals surface area (Å²) in [4.78, 5) is 15.0. The predicted octanol–water partition coefficient (Wildman–Crippen LogP) is 2.92. The third kappa shape index (κ3) is 3.58. The first-order valence-electron chi connectivity index (χ1n) is 8.57. The van der Waals surface area contributed by atoms with Gasteiger partial charge in [0.1, 0.15) is 17.2 Å². The van der Waals surface area contributed by atoms with E-state index in [0.717, 1.165) is 49.2 Å². The molecule has 1 aliphatic rings. The molecule has 3 heterocycles. The van der Waals surface area contributed by atoms with Gasteiger partial charge in [-0.05, 0) is 30.5 Å². The minimum absolute atomic E-state index is 0.270. The van der Waals surface area contributed by atoms with Gasteiger partial charge in [-0.15, -0.1) is 0 Å². The molecule has 1 aliphatic heterocycles. The summed E-state index contributed by atoms with van der Waals surface area (Å²) < 4.78 is 13.7. The fraction of sp³-hybridized carbons (Fsp3) is 0.316. The van der Waals surface area contributed by atoms with Crippen molar-refractivity contribution in [3.63, 3.8) is 0 Å². The number of nitrogens with zero attached hydrogens (tertiary/aromatic N) is 4. The van der Waals surface area contributed by atoms with Gasteiger partial charge in [0.25, 0.3) is 0 Å². The molecule has 0 aliphatic carbocycles. The van der Waals surface area contributed by atoms with Crippen molar-refractivity contribution >= 4 is 16.7 Å². The molecule has 1 N–H and O–H groups in total. The molecule has 0 amide bonds. The Morgan fingerprint density at radius 3 is 2.80 bits per heavy atom. The van der Waals surface area contributed by atoms with Gasteiger partial charge >= 0.3 is 0 Å². The number of aromatic nitrogens is 3. The van der Waals surface area contributed by atoms with Crippen LogP contribution >= 0.6 is 0 Å². The molecule has 3 aromatic rings. The van der Waals surface area contributed by atoms with Crippen LogP contribution in [-0.2, 0) is 6.54 Å². The highest BCUT2D eigenvalue weighted by molar-refractivity contribution is 5.79. The van der Waals surface area contributed by atoms with Crippen molar-refractivity contribution < 1.29 is 4.39 Å². The van der Waals surface area contributed by atoms with E-state index in [1.807, 2.05) is 18.3 Å². The molecule has 25 heavy (non-hydrogen) atoms. The highest BCUT2D eigenvalue weighted by Crippen LogP contribution is 2.18. The van der Waals surface area contributed by atoms with Crippen LogP contribution in [0.25, 0.3) is 10.9 Å². The molecule has 1 fully saturated rings. The summed E-state index contributed by atoms with van der Waals surface area (Å²) in [5.74, 6) is 0.676. The molecule has 0 spiro atoms. The van der Waals surface area contributed by atoms with E-state index in [4.69, 9.17) is 0 Å². The molecule has 4 rings (SSSR count). The molecule has 5 nitrogen and oxygen atoms in total. The third-order valence-electron chi connectivity index (χ3n) is 4.68. The number of benzene rings is 1. The van der Waals surface area contributed by atoms with Crippen molar-refractivity contribution in [3.8, 4) is 0 Å². The van der Waals surface area contributed by atoms with Crippen LogP contribution < -0.4 is 10.2 Å². The van der Waals surface area contributed by atoms with Gasteiger partial charge in [-0.25, -0.2) is 9.37 Å². The van der Waals surface area contributed by atoms with E-state index >= 15 is 0 Å². The molecule has 128 valence electrons. The monoisotopic (exact) mass is 337 g/mol. The van der Waals surface area contributed by atoms with Crippen molar-refractivity contribution in [3.05, 3.63) is 60.4 Å². The van der Waals surface area contributed by atoms with E-state index in [1.165, 1.54) is 6.07 Å². The Labute approximate surface area is 145 Å². The lowest BCUT2D eigenvalue weighted by molar-refractivity contribution is 0.412. The quantitative estimate of drug-likeness (QED) is 0.793. The second-order valence-electron chi connectivity index (χ2n) is 6.36. The van der Waals surface area contributed by atoms with Crippen LogP contribution in [0.5, 0.6) is 0 Å². The molecule has 2 aromatic heterocycles. The average molecular weight is 337 g/mol. The Bertz CT molecular complexity index is 847. The van der Waals surface area contributed by atoms with Gasteiger partial charge < -0.3 is 10.2 Å². The fourth-order valence-electron chi connectivity index (χ4n) is 3.30. The molecule has 0 radical (unpaired) electrons. The third-order valence-corrected chi connectivity index (χ3v) is 4.68. The Morgan fingerprint density at radius 1 is 1.12 bits per heavy atom. The summed E-state index contributed by atoms with van der Waals surface area (Å²) in [6.07, 6.45) is 9.12. The van der Waals surface area contributed by atoms with E-state index in [2.05, 4.69) is 25.2 Å². The summed E-state index contributed by atoms with van der Waals surface area (Å²) in [6, 6.07) is 7.54. The number of piperidine rings is 1. The summed E-state index contributed by atoms with van der Waals surface area (Å²) in [7, 11) is 0. The molecule has 0 saturated carbocycles. The molecular formula is C19H20FN5.